The van der Waals surface area contributed by atoms with Crippen molar-refractivity contribution in [1.29, 1.82) is 0 Å². The lowest BCUT2D eigenvalue weighted by Gasteiger charge is -2.44. The molecule has 3 aliphatic rings. The fraction of sp³-hybridized carbons (Fsp3) is 0.444. The van der Waals surface area contributed by atoms with E-state index < -0.39 is 0 Å². The van der Waals surface area contributed by atoms with Crippen molar-refractivity contribution in [3.8, 4) is 0 Å². The summed E-state index contributed by atoms with van der Waals surface area (Å²) in [7, 11) is 0. The van der Waals surface area contributed by atoms with E-state index in [4.69, 9.17) is 9.97 Å². The molecule has 0 bridgehead atoms. The lowest BCUT2D eigenvalue weighted by Crippen LogP contribution is -2.61. The Kier molecular flexibility index (Phi) is 8.91. The molecule has 9 rings (SSSR count). The second-order valence-electron chi connectivity index (χ2n) is 23.6. The average Bonchev–Trinajstić information content (AvgIpc) is 3.53. The molecule has 6 heteroatoms. The van der Waals surface area contributed by atoms with Crippen LogP contribution in [0.4, 0.5) is 34.4 Å². The van der Waals surface area contributed by atoms with Crippen molar-refractivity contribution in [1.82, 2.24) is 9.97 Å². The lowest BCUT2D eigenvalue weighted by molar-refractivity contribution is 0.332. The molecule has 2 aromatic heterocycles. The van der Waals surface area contributed by atoms with Gasteiger partial charge in [0, 0.05) is 37.4 Å². The van der Waals surface area contributed by atoms with Crippen LogP contribution < -0.4 is 25.5 Å². The molecule has 4 nitrogen and oxygen atoms in total. The van der Waals surface area contributed by atoms with Gasteiger partial charge in [0.15, 0.2) is 0 Å². The third kappa shape index (κ3) is 6.45. The summed E-state index contributed by atoms with van der Waals surface area (Å²) in [5.41, 5.74) is 15.6. The van der Waals surface area contributed by atoms with Gasteiger partial charge >= 0.3 is 0 Å². The van der Waals surface area contributed by atoms with Gasteiger partial charge in [-0.25, -0.2) is 9.97 Å². The van der Waals surface area contributed by atoms with Crippen molar-refractivity contribution in [3.05, 3.63) is 113 Å². The first kappa shape index (κ1) is 41.0. The quantitative estimate of drug-likeness (QED) is 0.163. The molecule has 4 aromatic carbocycles. The monoisotopic (exact) mass is 813 g/mol. The summed E-state index contributed by atoms with van der Waals surface area (Å²) in [4.78, 5) is 15.7. The molecule has 0 N–H and O–H groups in total. The molecular formula is C54H65BN4S. The number of thiophene rings is 1. The van der Waals surface area contributed by atoms with Crippen LogP contribution in [-0.2, 0) is 32.5 Å². The summed E-state index contributed by atoms with van der Waals surface area (Å²) in [5, 5.41) is 1.30. The van der Waals surface area contributed by atoms with Crippen molar-refractivity contribution in [2.75, 3.05) is 9.80 Å². The number of hydrogen-bond acceptors (Lipinski definition) is 5. The van der Waals surface area contributed by atoms with E-state index in [9.17, 15) is 0 Å². The first-order valence-electron chi connectivity index (χ1n) is 22.2. The zero-order chi connectivity index (χ0) is 43.3. The molecule has 0 spiro atoms. The van der Waals surface area contributed by atoms with Gasteiger partial charge in [0.25, 0.3) is 6.71 Å². The number of anilines is 6. The number of rotatable bonds is 2. The van der Waals surface area contributed by atoms with E-state index in [0.29, 0.717) is 0 Å². The number of benzene rings is 4. The van der Waals surface area contributed by atoms with Gasteiger partial charge < -0.3 is 0 Å². The molecule has 0 amide bonds. The average molecular weight is 813 g/mol. The van der Waals surface area contributed by atoms with Crippen LogP contribution in [0.1, 0.15) is 157 Å². The Bertz CT molecular complexity index is 2690. The van der Waals surface area contributed by atoms with Crippen LogP contribution in [0.15, 0.2) is 79.1 Å². The highest BCUT2D eigenvalue weighted by Gasteiger charge is 2.48. The molecule has 0 atom stereocenters. The van der Waals surface area contributed by atoms with Crippen LogP contribution in [0.25, 0.3) is 10.1 Å². The van der Waals surface area contributed by atoms with Crippen molar-refractivity contribution in [3.63, 3.8) is 0 Å². The molecule has 4 heterocycles. The highest BCUT2D eigenvalue weighted by molar-refractivity contribution is 7.33. The minimum atomic E-state index is -0.0427. The first-order chi connectivity index (χ1) is 27.8. The largest absolute Gasteiger partial charge is 0.296 e. The summed E-state index contributed by atoms with van der Waals surface area (Å²) in [6.07, 6.45) is 4.18. The van der Waals surface area contributed by atoms with Gasteiger partial charge in [-0.2, -0.15) is 0 Å². The summed E-state index contributed by atoms with van der Waals surface area (Å²) < 4.78 is 2.67. The van der Waals surface area contributed by atoms with Gasteiger partial charge in [0.1, 0.15) is 18.0 Å². The third-order valence-electron chi connectivity index (χ3n) is 14.0. The zero-order valence-corrected chi connectivity index (χ0v) is 40.0. The summed E-state index contributed by atoms with van der Waals surface area (Å²) in [5.74, 6) is 1.95. The van der Waals surface area contributed by atoms with E-state index in [-0.39, 0.29) is 39.2 Å². The Balaban J connectivity index is 1.40. The molecule has 2 aliphatic heterocycles. The van der Waals surface area contributed by atoms with Crippen LogP contribution in [0, 0.1) is 0 Å². The molecule has 0 fully saturated rings. The van der Waals surface area contributed by atoms with Crippen molar-refractivity contribution < 1.29 is 0 Å². The number of aromatic nitrogens is 2. The standard InChI is InChI=1S/C54H65BN4S/c1-49(2,3)32-18-22-43-38(28-32)45-46(60-43)55-41-21-17-33(50(4,5)6)29-42(41)58(37-26-34(51(7,8)9)25-35(27-37)52(10,11)12)47-44(55)48(57-31-56-47)59(45)36-19-20-39-40(30-36)54(15,16)24-23-53(39,13)14/h17-22,25-31H,23-24H2,1-16H3. The van der Waals surface area contributed by atoms with Gasteiger partial charge in [-0.15, -0.1) is 11.3 Å². The second kappa shape index (κ2) is 13.1. The maximum Gasteiger partial charge on any atom is 0.268 e. The molecule has 0 saturated carbocycles. The maximum absolute atomic E-state index is 5.37. The van der Waals surface area contributed by atoms with Crippen LogP contribution in [0.2, 0.25) is 0 Å². The van der Waals surface area contributed by atoms with Gasteiger partial charge in [-0.3, -0.25) is 9.80 Å². The van der Waals surface area contributed by atoms with Crippen molar-refractivity contribution in [2.45, 2.75) is 156 Å². The summed E-state index contributed by atoms with van der Waals surface area (Å²) in [6.45, 7) is 37.6. The molecule has 0 saturated heterocycles. The van der Waals surface area contributed by atoms with E-state index in [1.807, 2.05) is 17.7 Å². The molecular weight excluding hydrogens is 748 g/mol. The fourth-order valence-corrected chi connectivity index (χ4v) is 11.2. The van der Waals surface area contributed by atoms with E-state index in [0.717, 1.165) is 23.7 Å². The first-order valence-corrected chi connectivity index (χ1v) is 23.0. The van der Waals surface area contributed by atoms with Gasteiger partial charge in [-0.1, -0.05) is 141 Å². The van der Waals surface area contributed by atoms with Crippen LogP contribution in [0.5, 0.6) is 0 Å². The molecule has 60 heavy (non-hydrogen) atoms. The summed E-state index contributed by atoms with van der Waals surface area (Å²) in [6, 6.07) is 29.1. The summed E-state index contributed by atoms with van der Waals surface area (Å²) >= 11 is 1.95. The van der Waals surface area contributed by atoms with Crippen LogP contribution in [-0.4, -0.2) is 16.7 Å². The van der Waals surface area contributed by atoms with Gasteiger partial charge in [-0.05, 0) is 127 Å². The Labute approximate surface area is 365 Å². The maximum atomic E-state index is 5.37. The minimum Gasteiger partial charge on any atom is -0.296 e. The molecule has 310 valence electrons. The van der Waals surface area contributed by atoms with Crippen molar-refractivity contribution >= 4 is 78.2 Å². The van der Waals surface area contributed by atoms with E-state index >= 15 is 0 Å². The lowest BCUT2D eigenvalue weighted by atomic mass is 9.36. The SMILES string of the molecule is CC(C)(C)c1cc(N2c3cc(C(C)(C)C)ccc3B3c4sc5ccc(C(C)(C)C)cc5c4N(c4ccc5c(c4)C(C)(C)CCC5(C)C)c4ncnc2c43)cc(C(C)(C)C)c1. The highest BCUT2D eigenvalue weighted by atomic mass is 32.1. The molecule has 0 radical (unpaired) electrons. The Morgan fingerprint density at radius 1 is 0.550 bits per heavy atom. The van der Waals surface area contributed by atoms with Crippen LogP contribution >= 0.6 is 11.3 Å². The molecule has 0 unspecified atom stereocenters. The molecule has 1 aliphatic carbocycles. The van der Waals surface area contributed by atoms with E-state index in [2.05, 4.69) is 193 Å². The Morgan fingerprint density at radius 3 is 1.70 bits per heavy atom. The fourth-order valence-electron chi connectivity index (χ4n) is 9.92. The number of fused-ring (bicyclic) bond motifs is 7. The van der Waals surface area contributed by atoms with Gasteiger partial charge in [0.2, 0.25) is 0 Å². The normalized spacial score (nSPS) is 17.0. The third-order valence-corrected chi connectivity index (χ3v) is 15.3. The second-order valence-corrected chi connectivity index (χ2v) is 24.7. The van der Waals surface area contributed by atoms with Gasteiger partial charge in [0.05, 0.1) is 5.69 Å². The zero-order valence-electron chi connectivity index (χ0n) is 39.2. The minimum absolute atomic E-state index is 0.00593. The predicted molar refractivity (Wildman–Crippen MR) is 262 cm³/mol. The highest BCUT2D eigenvalue weighted by Crippen LogP contribution is 2.51. The Hall–Kier alpha value is -4.42. The van der Waals surface area contributed by atoms with E-state index in [1.54, 1.807) is 0 Å². The number of nitrogens with zero attached hydrogens (tertiary/aromatic N) is 4. The number of hydrogen-bond donors (Lipinski definition) is 0. The Morgan fingerprint density at radius 2 is 1.10 bits per heavy atom. The smallest absolute Gasteiger partial charge is 0.268 e. The molecule has 6 aromatic rings. The predicted octanol–water partition coefficient (Wildman–Crippen LogP) is 13.3. The van der Waals surface area contributed by atoms with Crippen molar-refractivity contribution in [2.24, 2.45) is 0 Å². The topological polar surface area (TPSA) is 32.3 Å². The van der Waals surface area contributed by atoms with Crippen LogP contribution in [0.3, 0.4) is 0 Å². The van der Waals surface area contributed by atoms with E-state index in [1.165, 1.54) is 82.7 Å².